The van der Waals surface area contributed by atoms with Crippen molar-refractivity contribution in [3.63, 3.8) is 0 Å². The van der Waals surface area contributed by atoms with Crippen molar-refractivity contribution in [3.05, 3.63) is 30.0 Å². The second-order valence-electron chi connectivity index (χ2n) is 3.09. The minimum atomic E-state index is 0.643. The van der Waals surface area contributed by atoms with E-state index in [1.807, 2.05) is 35.9 Å². The molecule has 14 heavy (non-hydrogen) atoms. The molecule has 0 fully saturated rings. The fourth-order valence-corrected chi connectivity index (χ4v) is 1.62. The van der Waals surface area contributed by atoms with Crippen LogP contribution in [0.1, 0.15) is 5.69 Å². The van der Waals surface area contributed by atoms with E-state index in [9.17, 15) is 0 Å². The maximum Gasteiger partial charge on any atom is 0.128 e. The van der Waals surface area contributed by atoms with Crippen molar-refractivity contribution in [2.45, 2.75) is 0 Å². The van der Waals surface area contributed by atoms with Gasteiger partial charge >= 0.3 is 0 Å². The topological polar surface area (TPSA) is 37.9 Å². The van der Waals surface area contributed by atoms with Gasteiger partial charge in [0, 0.05) is 12.4 Å². The van der Waals surface area contributed by atoms with E-state index in [2.05, 4.69) is 6.07 Å². The molecule has 1 heterocycles. The summed E-state index contributed by atoms with van der Waals surface area (Å²) >= 11 is 0. The Hall–Kier alpha value is -1.95. The summed E-state index contributed by atoms with van der Waals surface area (Å²) in [4.78, 5) is 0. The standard InChI is InChI=1S/C11H10N2O/c1-13-8(7-12)6-9-10(13)4-3-5-11(9)14-2/h3-6H,1-2H3. The lowest BCUT2D eigenvalue weighted by atomic mass is 10.2. The summed E-state index contributed by atoms with van der Waals surface area (Å²) < 4.78 is 7.08. The van der Waals surface area contributed by atoms with E-state index in [0.29, 0.717) is 5.69 Å². The van der Waals surface area contributed by atoms with E-state index in [4.69, 9.17) is 10.00 Å². The van der Waals surface area contributed by atoms with Crippen molar-refractivity contribution >= 4 is 10.9 Å². The normalized spacial score (nSPS) is 10.1. The zero-order chi connectivity index (χ0) is 10.1. The predicted molar refractivity (Wildman–Crippen MR) is 54.2 cm³/mol. The minimum Gasteiger partial charge on any atom is -0.496 e. The number of fused-ring (bicyclic) bond motifs is 1. The highest BCUT2D eigenvalue weighted by Gasteiger charge is 2.08. The SMILES string of the molecule is COc1cccc2c1cc(C#N)n2C. The molecule has 1 aromatic carbocycles. The molecular formula is C11H10N2O. The van der Waals surface area contributed by atoms with Crippen LogP contribution in [0.3, 0.4) is 0 Å². The van der Waals surface area contributed by atoms with Gasteiger partial charge < -0.3 is 9.30 Å². The first-order valence-electron chi connectivity index (χ1n) is 4.30. The van der Waals surface area contributed by atoms with Crippen LogP contribution in [0.15, 0.2) is 24.3 Å². The number of ether oxygens (including phenoxy) is 1. The van der Waals surface area contributed by atoms with E-state index >= 15 is 0 Å². The first kappa shape index (κ1) is 8.64. The summed E-state index contributed by atoms with van der Waals surface area (Å²) in [6.07, 6.45) is 0. The highest BCUT2D eigenvalue weighted by atomic mass is 16.5. The molecule has 0 bridgehead atoms. The fraction of sp³-hybridized carbons (Fsp3) is 0.182. The Balaban J connectivity index is 2.85. The monoisotopic (exact) mass is 186 g/mol. The van der Waals surface area contributed by atoms with E-state index < -0.39 is 0 Å². The second-order valence-corrected chi connectivity index (χ2v) is 3.09. The molecule has 0 aliphatic carbocycles. The third-order valence-corrected chi connectivity index (χ3v) is 2.38. The van der Waals surface area contributed by atoms with Crippen LogP contribution < -0.4 is 4.74 Å². The van der Waals surface area contributed by atoms with Gasteiger partial charge in [-0.1, -0.05) is 6.07 Å². The Morgan fingerprint density at radius 2 is 2.21 bits per heavy atom. The van der Waals surface area contributed by atoms with Gasteiger partial charge in [-0.15, -0.1) is 0 Å². The molecule has 0 radical (unpaired) electrons. The minimum absolute atomic E-state index is 0.643. The maximum atomic E-state index is 8.87. The summed E-state index contributed by atoms with van der Waals surface area (Å²) in [5.41, 5.74) is 1.66. The quantitative estimate of drug-likeness (QED) is 0.683. The first-order valence-corrected chi connectivity index (χ1v) is 4.30. The van der Waals surface area contributed by atoms with E-state index in [1.54, 1.807) is 7.11 Å². The molecule has 70 valence electrons. The largest absolute Gasteiger partial charge is 0.496 e. The Bertz CT molecular complexity index is 520. The van der Waals surface area contributed by atoms with E-state index in [1.165, 1.54) is 0 Å². The van der Waals surface area contributed by atoms with Gasteiger partial charge in [0.15, 0.2) is 0 Å². The Kier molecular flexibility index (Phi) is 1.90. The van der Waals surface area contributed by atoms with Gasteiger partial charge in [0.2, 0.25) is 0 Å². The molecule has 2 rings (SSSR count). The fourth-order valence-electron chi connectivity index (χ4n) is 1.62. The molecule has 0 spiro atoms. The molecule has 0 unspecified atom stereocenters. The number of nitrogens with zero attached hydrogens (tertiary/aromatic N) is 2. The number of benzene rings is 1. The molecule has 0 saturated carbocycles. The van der Waals surface area contributed by atoms with Gasteiger partial charge in [-0.3, -0.25) is 0 Å². The summed E-state index contributed by atoms with van der Waals surface area (Å²) in [6, 6.07) is 9.77. The molecule has 1 aromatic heterocycles. The molecule has 3 heteroatoms. The van der Waals surface area contributed by atoms with Crippen molar-refractivity contribution in [3.8, 4) is 11.8 Å². The molecular weight excluding hydrogens is 176 g/mol. The van der Waals surface area contributed by atoms with Crippen LogP contribution in [-0.2, 0) is 7.05 Å². The highest BCUT2D eigenvalue weighted by molar-refractivity contribution is 5.88. The summed E-state index contributed by atoms with van der Waals surface area (Å²) in [7, 11) is 3.51. The van der Waals surface area contributed by atoms with Crippen molar-refractivity contribution in [1.82, 2.24) is 4.57 Å². The number of rotatable bonds is 1. The number of hydrogen-bond donors (Lipinski definition) is 0. The predicted octanol–water partition coefficient (Wildman–Crippen LogP) is 2.06. The lowest BCUT2D eigenvalue weighted by Crippen LogP contribution is -1.90. The number of aryl methyl sites for hydroxylation is 1. The zero-order valence-corrected chi connectivity index (χ0v) is 8.11. The number of aromatic nitrogens is 1. The molecule has 0 saturated heterocycles. The van der Waals surface area contributed by atoms with Crippen molar-refractivity contribution in [1.29, 1.82) is 5.26 Å². The van der Waals surface area contributed by atoms with Gasteiger partial charge in [0.25, 0.3) is 0 Å². The number of nitriles is 1. The van der Waals surface area contributed by atoms with Gasteiger partial charge in [-0.05, 0) is 18.2 Å². The lowest BCUT2D eigenvalue weighted by molar-refractivity contribution is 0.420. The third-order valence-electron chi connectivity index (χ3n) is 2.38. The first-order chi connectivity index (χ1) is 6.77. The van der Waals surface area contributed by atoms with Crippen LogP contribution in [0.25, 0.3) is 10.9 Å². The van der Waals surface area contributed by atoms with Crippen molar-refractivity contribution in [2.75, 3.05) is 7.11 Å². The van der Waals surface area contributed by atoms with Crippen LogP contribution in [0.4, 0.5) is 0 Å². The Labute approximate surface area is 82.1 Å². The van der Waals surface area contributed by atoms with Crippen LogP contribution in [-0.4, -0.2) is 11.7 Å². The van der Waals surface area contributed by atoms with Gasteiger partial charge in [-0.25, -0.2) is 0 Å². The van der Waals surface area contributed by atoms with Gasteiger partial charge in [-0.2, -0.15) is 5.26 Å². The smallest absolute Gasteiger partial charge is 0.128 e. The zero-order valence-electron chi connectivity index (χ0n) is 8.11. The average molecular weight is 186 g/mol. The van der Waals surface area contributed by atoms with Crippen LogP contribution in [0.2, 0.25) is 0 Å². The van der Waals surface area contributed by atoms with Crippen molar-refractivity contribution < 1.29 is 4.74 Å². The molecule has 0 aliphatic rings. The second kappa shape index (κ2) is 3.08. The number of methoxy groups -OCH3 is 1. The van der Waals surface area contributed by atoms with E-state index in [0.717, 1.165) is 16.7 Å². The molecule has 3 nitrogen and oxygen atoms in total. The third kappa shape index (κ3) is 1.05. The molecule has 0 N–H and O–H groups in total. The van der Waals surface area contributed by atoms with Crippen LogP contribution in [0, 0.1) is 11.3 Å². The molecule has 0 aliphatic heterocycles. The van der Waals surface area contributed by atoms with Gasteiger partial charge in [0.05, 0.1) is 12.6 Å². The van der Waals surface area contributed by atoms with Crippen LogP contribution in [0.5, 0.6) is 5.75 Å². The van der Waals surface area contributed by atoms with E-state index in [-0.39, 0.29) is 0 Å². The Morgan fingerprint density at radius 3 is 2.86 bits per heavy atom. The summed E-state index contributed by atoms with van der Waals surface area (Å²) in [5, 5.41) is 9.85. The van der Waals surface area contributed by atoms with Crippen molar-refractivity contribution in [2.24, 2.45) is 7.05 Å². The summed E-state index contributed by atoms with van der Waals surface area (Å²) in [5.74, 6) is 0.805. The molecule has 0 amide bonds. The molecule has 0 atom stereocenters. The van der Waals surface area contributed by atoms with Crippen LogP contribution >= 0.6 is 0 Å². The maximum absolute atomic E-state index is 8.87. The molecule has 2 aromatic rings. The average Bonchev–Trinajstić information content (AvgIpc) is 2.55. The summed E-state index contributed by atoms with van der Waals surface area (Å²) in [6.45, 7) is 0. The number of hydrogen-bond acceptors (Lipinski definition) is 2. The Morgan fingerprint density at radius 1 is 1.43 bits per heavy atom. The lowest BCUT2D eigenvalue weighted by Gasteiger charge is -2.01. The highest BCUT2D eigenvalue weighted by Crippen LogP contribution is 2.27. The van der Waals surface area contributed by atoms with Gasteiger partial charge in [0.1, 0.15) is 17.5 Å².